The Morgan fingerprint density at radius 3 is 2.74 bits per heavy atom. The van der Waals surface area contributed by atoms with E-state index in [0.29, 0.717) is 18.0 Å². The molecular weight excluding hydrogens is 410 g/mol. The zero-order valence-corrected chi connectivity index (χ0v) is 18.3. The predicted molar refractivity (Wildman–Crippen MR) is 122 cm³/mol. The number of benzene rings is 1. The summed E-state index contributed by atoms with van der Waals surface area (Å²) in [6.45, 7) is 0.673. The summed E-state index contributed by atoms with van der Waals surface area (Å²) < 4.78 is 27.4. The Morgan fingerprint density at radius 2 is 1.97 bits per heavy atom. The van der Waals surface area contributed by atoms with Crippen LogP contribution in [0.2, 0.25) is 0 Å². The number of fused-ring (bicyclic) bond motifs is 5. The van der Waals surface area contributed by atoms with Gasteiger partial charge in [-0.2, -0.15) is 0 Å². The van der Waals surface area contributed by atoms with E-state index < -0.39 is 15.9 Å². The smallest absolute Gasteiger partial charge is 0.264 e. The van der Waals surface area contributed by atoms with E-state index in [4.69, 9.17) is 0 Å². The SMILES string of the molecule is CS(=O)(=O)NC(=O)c1ccc2c(C3CCCCC3)c3n(c2c1)CC=Cc1ncccc1-3. The van der Waals surface area contributed by atoms with E-state index in [1.165, 1.54) is 30.5 Å². The average molecular weight is 436 g/mol. The highest BCUT2D eigenvalue weighted by molar-refractivity contribution is 7.89. The van der Waals surface area contributed by atoms with E-state index in [-0.39, 0.29) is 0 Å². The van der Waals surface area contributed by atoms with E-state index in [0.717, 1.165) is 41.3 Å². The Labute approximate surface area is 182 Å². The summed E-state index contributed by atoms with van der Waals surface area (Å²) in [5.41, 5.74) is 5.87. The van der Waals surface area contributed by atoms with Crippen molar-refractivity contribution in [3.8, 4) is 11.3 Å². The lowest BCUT2D eigenvalue weighted by Gasteiger charge is -2.23. The van der Waals surface area contributed by atoms with Gasteiger partial charge >= 0.3 is 0 Å². The van der Waals surface area contributed by atoms with Gasteiger partial charge in [0.1, 0.15) is 0 Å². The Hall–Kier alpha value is -2.93. The summed E-state index contributed by atoms with van der Waals surface area (Å²) in [6, 6.07) is 9.62. The van der Waals surface area contributed by atoms with Crippen LogP contribution >= 0.6 is 0 Å². The topological polar surface area (TPSA) is 81.1 Å². The average Bonchev–Trinajstić information content (AvgIpc) is 2.94. The van der Waals surface area contributed by atoms with Crippen LogP contribution in [-0.4, -0.2) is 30.1 Å². The molecule has 0 bridgehead atoms. The van der Waals surface area contributed by atoms with E-state index in [2.05, 4.69) is 32.5 Å². The normalized spacial score (nSPS) is 16.5. The first-order valence-corrected chi connectivity index (χ1v) is 12.6. The van der Waals surface area contributed by atoms with Crippen molar-refractivity contribution < 1.29 is 13.2 Å². The first-order chi connectivity index (χ1) is 14.9. The first-order valence-electron chi connectivity index (χ1n) is 10.7. The monoisotopic (exact) mass is 435 g/mol. The Kier molecular flexibility index (Phi) is 4.93. The molecule has 160 valence electrons. The molecule has 0 unspecified atom stereocenters. The number of allylic oxidation sites excluding steroid dienone is 1. The van der Waals surface area contributed by atoms with Crippen LogP contribution in [0.1, 0.15) is 59.6 Å². The predicted octanol–water partition coefficient (Wildman–Crippen LogP) is 4.47. The van der Waals surface area contributed by atoms with Crippen molar-refractivity contribution in [2.24, 2.45) is 0 Å². The summed E-state index contributed by atoms with van der Waals surface area (Å²) in [4.78, 5) is 17.1. The Morgan fingerprint density at radius 1 is 1.16 bits per heavy atom. The largest absolute Gasteiger partial charge is 0.336 e. The first kappa shape index (κ1) is 20.0. The number of sulfonamides is 1. The van der Waals surface area contributed by atoms with Crippen molar-refractivity contribution in [1.29, 1.82) is 0 Å². The van der Waals surface area contributed by atoms with Crippen LogP contribution in [0.15, 0.2) is 42.6 Å². The van der Waals surface area contributed by atoms with Crippen LogP contribution in [0.3, 0.4) is 0 Å². The quantitative estimate of drug-likeness (QED) is 0.658. The van der Waals surface area contributed by atoms with Gasteiger partial charge in [0.25, 0.3) is 5.91 Å². The van der Waals surface area contributed by atoms with E-state index >= 15 is 0 Å². The molecule has 0 spiro atoms. The Bertz CT molecular complexity index is 1320. The molecule has 0 radical (unpaired) electrons. The van der Waals surface area contributed by atoms with Gasteiger partial charge in [0, 0.05) is 34.8 Å². The fourth-order valence-electron chi connectivity index (χ4n) is 5.05. The molecule has 6 nitrogen and oxygen atoms in total. The van der Waals surface area contributed by atoms with Gasteiger partial charge in [-0.1, -0.05) is 31.4 Å². The van der Waals surface area contributed by atoms with Gasteiger partial charge in [-0.25, -0.2) is 13.1 Å². The van der Waals surface area contributed by atoms with Crippen LogP contribution in [0.4, 0.5) is 0 Å². The van der Waals surface area contributed by atoms with E-state index in [1.54, 1.807) is 6.07 Å². The van der Waals surface area contributed by atoms with Gasteiger partial charge in [-0.05, 0) is 54.7 Å². The molecule has 1 fully saturated rings. The number of pyridine rings is 1. The maximum Gasteiger partial charge on any atom is 0.264 e. The fraction of sp³-hybridized carbons (Fsp3) is 0.333. The number of rotatable bonds is 3. The summed E-state index contributed by atoms with van der Waals surface area (Å²) in [5, 5.41) is 1.14. The van der Waals surface area contributed by atoms with Crippen molar-refractivity contribution in [1.82, 2.24) is 14.3 Å². The second-order valence-electron chi connectivity index (χ2n) is 8.48. The van der Waals surface area contributed by atoms with Crippen LogP contribution in [0, 0.1) is 0 Å². The van der Waals surface area contributed by atoms with Crippen molar-refractivity contribution in [2.45, 2.75) is 44.6 Å². The van der Waals surface area contributed by atoms with Gasteiger partial charge in [0.15, 0.2) is 0 Å². The second kappa shape index (κ2) is 7.64. The molecule has 5 rings (SSSR count). The molecule has 3 aromatic rings. The lowest BCUT2D eigenvalue weighted by Crippen LogP contribution is -2.29. The van der Waals surface area contributed by atoms with Crippen molar-refractivity contribution in [3.63, 3.8) is 0 Å². The summed E-state index contributed by atoms with van der Waals surface area (Å²) in [6.07, 6.45) is 13.0. The maximum atomic E-state index is 12.5. The second-order valence-corrected chi connectivity index (χ2v) is 10.2. The number of carbonyl (C=O) groups excluding carboxylic acids is 1. The van der Waals surface area contributed by atoms with Gasteiger partial charge < -0.3 is 4.57 Å². The summed E-state index contributed by atoms with van der Waals surface area (Å²) >= 11 is 0. The number of nitrogens with one attached hydrogen (secondary N) is 1. The summed E-state index contributed by atoms with van der Waals surface area (Å²) in [7, 11) is -3.63. The molecule has 31 heavy (non-hydrogen) atoms. The molecule has 0 atom stereocenters. The molecule has 1 saturated carbocycles. The molecule has 1 N–H and O–H groups in total. The molecule has 2 aromatic heterocycles. The molecule has 1 amide bonds. The van der Waals surface area contributed by atoms with Crippen molar-refractivity contribution in [3.05, 3.63) is 59.4 Å². The standard InChI is InChI=1S/C24H25N3O3S/c1-31(29,30)26-24(28)17-11-12-19-21(15-17)27-14-6-10-20-18(9-5-13-25-20)23(27)22(19)16-7-3-2-4-8-16/h5-6,9-13,15-16H,2-4,7-8,14H2,1H3,(H,26,28). The molecule has 2 aliphatic rings. The fourth-order valence-corrected chi connectivity index (χ4v) is 5.50. The zero-order chi connectivity index (χ0) is 21.6. The van der Waals surface area contributed by atoms with E-state index in [1.807, 2.05) is 24.4 Å². The number of nitrogens with zero attached hydrogens (tertiary/aromatic N) is 2. The molecule has 1 aliphatic carbocycles. The lowest BCUT2D eigenvalue weighted by molar-refractivity contribution is 0.0982. The van der Waals surface area contributed by atoms with Gasteiger partial charge in [0.05, 0.1) is 17.6 Å². The summed E-state index contributed by atoms with van der Waals surface area (Å²) in [5.74, 6) is -0.139. The van der Waals surface area contributed by atoms with E-state index in [9.17, 15) is 13.2 Å². The molecule has 7 heteroatoms. The highest BCUT2D eigenvalue weighted by Gasteiger charge is 2.28. The molecule has 3 heterocycles. The number of hydrogen-bond acceptors (Lipinski definition) is 4. The number of aromatic nitrogens is 2. The number of carbonyl (C=O) groups is 1. The van der Waals surface area contributed by atoms with Gasteiger partial charge in [0.2, 0.25) is 10.0 Å². The van der Waals surface area contributed by atoms with Crippen molar-refractivity contribution >= 4 is 32.9 Å². The molecule has 0 saturated heterocycles. The minimum atomic E-state index is -3.63. The van der Waals surface area contributed by atoms with Gasteiger partial charge in [-0.15, -0.1) is 0 Å². The molecule has 1 aromatic carbocycles. The van der Waals surface area contributed by atoms with Crippen LogP contribution in [0.5, 0.6) is 0 Å². The minimum absolute atomic E-state index is 0.341. The highest BCUT2D eigenvalue weighted by atomic mass is 32.2. The zero-order valence-electron chi connectivity index (χ0n) is 17.5. The third kappa shape index (κ3) is 3.67. The third-order valence-corrected chi connectivity index (χ3v) is 6.87. The number of hydrogen-bond donors (Lipinski definition) is 1. The number of amides is 1. The molecular formula is C24H25N3O3S. The minimum Gasteiger partial charge on any atom is -0.336 e. The van der Waals surface area contributed by atoms with Crippen LogP contribution in [0.25, 0.3) is 28.2 Å². The van der Waals surface area contributed by atoms with Crippen LogP contribution < -0.4 is 4.72 Å². The lowest BCUT2D eigenvalue weighted by atomic mass is 9.81. The maximum absolute atomic E-state index is 12.5. The van der Waals surface area contributed by atoms with Gasteiger partial charge in [-0.3, -0.25) is 9.78 Å². The molecule has 1 aliphatic heterocycles. The third-order valence-electron chi connectivity index (χ3n) is 6.31. The van der Waals surface area contributed by atoms with Crippen LogP contribution in [-0.2, 0) is 16.6 Å². The van der Waals surface area contributed by atoms with Crippen molar-refractivity contribution in [2.75, 3.05) is 6.26 Å². The Balaban J connectivity index is 1.75. The highest BCUT2D eigenvalue weighted by Crippen LogP contribution is 2.45.